The molecule has 1 aromatic heterocycles. The third kappa shape index (κ3) is 7.96. The molecule has 0 saturated carbocycles. The van der Waals surface area contributed by atoms with Crippen molar-refractivity contribution < 1.29 is 14.3 Å². The van der Waals surface area contributed by atoms with E-state index < -0.39 is 5.56 Å². The Labute approximate surface area is 200 Å². The zero-order valence-electron chi connectivity index (χ0n) is 17.9. The Morgan fingerprint density at radius 1 is 1.12 bits per heavy atom. The van der Waals surface area contributed by atoms with Gasteiger partial charge in [-0.3, -0.25) is 14.4 Å². The van der Waals surface area contributed by atoms with Crippen molar-refractivity contribution >= 4 is 40.9 Å². The molecule has 0 unspecified atom stereocenters. The van der Waals surface area contributed by atoms with Crippen molar-refractivity contribution in [2.24, 2.45) is 0 Å². The number of benzene rings is 2. The lowest BCUT2D eigenvalue weighted by molar-refractivity contribution is -0.120. The second-order valence-corrected chi connectivity index (χ2v) is 8.39. The van der Waals surface area contributed by atoms with Crippen LogP contribution in [0.4, 0.5) is 5.69 Å². The molecule has 8 nitrogen and oxygen atoms in total. The highest BCUT2D eigenvalue weighted by Crippen LogP contribution is 2.28. The van der Waals surface area contributed by atoms with E-state index >= 15 is 0 Å². The number of halogens is 1. The summed E-state index contributed by atoms with van der Waals surface area (Å²) < 4.78 is 5.21. The van der Waals surface area contributed by atoms with Crippen LogP contribution < -0.4 is 20.9 Å². The van der Waals surface area contributed by atoms with Gasteiger partial charge in [-0.15, -0.1) is 0 Å². The number of H-pyrrole nitrogens is 1. The molecule has 33 heavy (non-hydrogen) atoms. The van der Waals surface area contributed by atoms with Crippen molar-refractivity contribution in [1.29, 1.82) is 0 Å². The first-order valence-electron chi connectivity index (χ1n) is 10.1. The Hall–Kier alpha value is -3.30. The molecule has 0 bridgehead atoms. The third-order valence-electron chi connectivity index (χ3n) is 4.47. The smallest absolute Gasteiger partial charge is 0.251 e. The van der Waals surface area contributed by atoms with Crippen molar-refractivity contribution in [3.05, 3.63) is 81.2 Å². The van der Waals surface area contributed by atoms with Gasteiger partial charge in [0.05, 0.1) is 30.7 Å². The van der Waals surface area contributed by atoms with Gasteiger partial charge in [-0.05, 0) is 30.2 Å². The fraction of sp³-hybridized carbons (Fsp3) is 0.217. The predicted molar refractivity (Wildman–Crippen MR) is 129 cm³/mol. The first-order chi connectivity index (χ1) is 15.9. The van der Waals surface area contributed by atoms with Crippen LogP contribution in [-0.4, -0.2) is 41.2 Å². The number of aromatic amines is 1. The number of carbonyl (C=O) groups is 2. The summed E-state index contributed by atoms with van der Waals surface area (Å²) in [7, 11) is 1.49. The van der Waals surface area contributed by atoms with Gasteiger partial charge in [-0.2, -0.15) is 0 Å². The van der Waals surface area contributed by atoms with E-state index in [1.54, 1.807) is 18.2 Å². The highest BCUT2D eigenvalue weighted by molar-refractivity contribution is 7.99. The standard InChI is InChI=1S/C23H23ClN4O4S/c1-32-19-8-7-16(24)11-18(19)27-22(31)14-33-23-26-17(13-21(30)28-23)12-20(29)25-10-9-15-5-3-2-4-6-15/h2-8,11,13H,9-10,12,14H2,1H3,(H,25,29)(H,27,31)(H,26,28,30). The van der Waals surface area contributed by atoms with Crippen LogP contribution in [0.25, 0.3) is 0 Å². The van der Waals surface area contributed by atoms with Gasteiger partial charge >= 0.3 is 0 Å². The highest BCUT2D eigenvalue weighted by Gasteiger charge is 2.12. The predicted octanol–water partition coefficient (Wildman–Crippen LogP) is 3.06. The summed E-state index contributed by atoms with van der Waals surface area (Å²) in [6.45, 7) is 0.487. The fourth-order valence-corrected chi connectivity index (χ4v) is 3.83. The lowest BCUT2D eigenvalue weighted by atomic mass is 10.1. The molecule has 3 aromatic rings. The summed E-state index contributed by atoms with van der Waals surface area (Å²) >= 11 is 7.03. The lowest BCUT2D eigenvalue weighted by Gasteiger charge is -2.10. The molecule has 172 valence electrons. The molecule has 0 aliphatic carbocycles. The molecule has 2 aromatic carbocycles. The molecule has 0 fully saturated rings. The van der Waals surface area contributed by atoms with Gasteiger partial charge in [0.2, 0.25) is 11.8 Å². The summed E-state index contributed by atoms with van der Waals surface area (Å²) in [6, 6.07) is 16.0. The maximum atomic E-state index is 12.3. The average Bonchev–Trinajstić information content (AvgIpc) is 2.78. The van der Waals surface area contributed by atoms with E-state index in [1.807, 2.05) is 30.3 Å². The van der Waals surface area contributed by atoms with Crippen molar-refractivity contribution in [2.75, 3.05) is 24.7 Å². The first kappa shape index (κ1) is 24.3. The minimum Gasteiger partial charge on any atom is -0.495 e. The number of hydrogen-bond donors (Lipinski definition) is 3. The molecular formula is C23H23ClN4O4S. The molecule has 3 rings (SSSR count). The minimum atomic E-state index is -0.392. The number of amides is 2. The van der Waals surface area contributed by atoms with Gasteiger partial charge in [0.25, 0.3) is 5.56 Å². The van der Waals surface area contributed by atoms with E-state index in [1.165, 1.54) is 13.2 Å². The molecule has 10 heteroatoms. The average molecular weight is 487 g/mol. The highest BCUT2D eigenvalue weighted by atomic mass is 35.5. The van der Waals surface area contributed by atoms with E-state index in [0.717, 1.165) is 17.3 Å². The van der Waals surface area contributed by atoms with E-state index in [-0.39, 0.29) is 29.1 Å². The Morgan fingerprint density at radius 3 is 2.67 bits per heavy atom. The largest absolute Gasteiger partial charge is 0.495 e. The second-order valence-electron chi connectivity index (χ2n) is 6.99. The Bertz CT molecular complexity index is 1170. The normalized spacial score (nSPS) is 10.5. The van der Waals surface area contributed by atoms with Gasteiger partial charge < -0.3 is 20.4 Å². The Morgan fingerprint density at radius 2 is 1.91 bits per heavy atom. The van der Waals surface area contributed by atoms with Crippen molar-refractivity contribution in [3.8, 4) is 5.75 Å². The molecule has 1 heterocycles. The first-order valence-corrected chi connectivity index (χ1v) is 11.5. The number of rotatable bonds is 10. The second kappa shape index (κ2) is 12.1. The van der Waals surface area contributed by atoms with Crippen LogP contribution in [0, 0.1) is 0 Å². The van der Waals surface area contributed by atoms with Crippen molar-refractivity contribution in [3.63, 3.8) is 0 Å². The third-order valence-corrected chi connectivity index (χ3v) is 5.58. The van der Waals surface area contributed by atoms with Crippen LogP contribution in [0.5, 0.6) is 5.75 Å². The molecular weight excluding hydrogens is 464 g/mol. The SMILES string of the molecule is COc1ccc(Cl)cc1NC(=O)CSc1nc(CC(=O)NCCc2ccccc2)cc(=O)[nH]1. The number of anilines is 1. The zero-order valence-corrected chi connectivity index (χ0v) is 19.5. The maximum Gasteiger partial charge on any atom is 0.251 e. The maximum absolute atomic E-state index is 12.3. The van der Waals surface area contributed by atoms with Gasteiger partial charge in [0.15, 0.2) is 5.16 Å². The summed E-state index contributed by atoms with van der Waals surface area (Å²) in [5.41, 5.74) is 1.50. The van der Waals surface area contributed by atoms with Gasteiger partial charge in [-0.1, -0.05) is 53.7 Å². The van der Waals surface area contributed by atoms with E-state index in [9.17, 15) is 14.4 Å². The number of thioether (sulfide) groups is 1. The van der Waals surface area contributed by atoms with Crippen molar-refractivity contribution in [2.45, 2.75) is 18.0 Å². The monoisotopic (exact) mass is 486 g/mol. The number of nitrogens with one attached hydrogen (secondary N) is 3. The van der Waals surface area contributed by atoms with Crippen LogP contribution >= 0.6 is 23.4 Å². The van der Waals surface area contributed by atoms with Crippen LogP contribution in [0.2, 0.25) is 5.02 Å². The number of ether oxygens (including phenoxy) is 1. The van der Waals surface area contributed by atoms with Crippen molar-refractivity contribution in [1.82, 2.24) is 15.3 Å². The Kier molecular flexibility index (Phi) is 8.91. The summed E-state index contributed by atoms with van der Waals surface area (Å²) in [4.78, 5) is 43.4. The number of aromatic nitrogens is 2. The molecule has 0 atom stereocenters. The van der Waals surface area contributed by atoms with Crippen LogP contribution in [0.1, 0.15) is 11.3 Å². The molecule has 0 aliphatic rings. The molecule has 0 radical (unpaired) electrons. The quantitative estimate of drug-likeness (QED) is 0.300. The van der Waals surface area contributed by atoms with Gasteiger partial charge in [-0.25, -0.2) is 4.98 Å². The van der Waals surface area contributed by atoms with E-state index in [4.69, 9.17) is 16.3 Å². The number of nitrogens with zero attached hydrogens (tertiary/aromatic N) is 1. The molecule has 3 N–H and O–H groups in total. The number of carbonyl (C=O) groups excluding carboxylic acids is 2. The molecule has 0 spiro atoms. The van der Waals surface area contributed by atoms with Crippen LogP contribution in [0.3, 0.4) is 0 Å². The number of methoxy groups -OCH3 is 1. The fourth-order valence-electron chi connectivity index (χ4n) is 2.96. The molecule has 0 aliphatic heterocycles. The summed E-state index contributed by atoms with van der Waals surface area (Å²) in [5.74, 6) is -0.0895. The van der Waals surface area contributed by atoms with E-state index in [2.05, 4.69) is 20.6 Å². The minimum absolute atomic E-state index is 0.00860. The Balaban J connectivity index is 1.52. The van der Waals surface area contributed by atoms with Gasteiger partial charge in [0.1, 0.15) is 5.75 Å². The van der Waals surface area contributed by atoms with Crippen LogP contribution in [-0.2, 0) is 22.4 Å². The zero-order chi connectivity index (χ0) is 23.6. The van der Waals surface area contributed by atoms with Crippen LogP contribution in [0.15, 0.2) is 64.5 Å². The summed E-state index contributed by atoms with van der Waals surface area (Å²) in [5, 5.41) is 6.25. The topological polar surface area (TPSA) is 113 Å². The molecule has 2 amide bonds. The molecule has 0 saturated heterocycles. The summed E-state index contributed by atoms with van der Waals surface area (Å²) in [6.07, 6.45) is 0.682. The lowest BCUT2D eigenvalue weighted by Crippen LogP contribution is -2.28. The van der Waals surface area contributed by atoms with E-state index in [0.29, 0.717) is 35.1 Å². The number of hydrogen-bond acceptors (Lipinski definition) is 6. The van der Waals surface area contributed by atoms with Gasteiger partial charge in [0, 0.05) is 17.6 Å².